The summed E-state index contributed by atoms with van der Waals surface area (Å²) >= 11 is 0. The van der Waals surface area contributed by atoms with E-state index in [1.54, 1.807) is 14.2 Å². The molecule has 0 bridgehead atoms. The molecule has 1 saturated carbocycles. The zero-order valence-corrected chi connectivity index (χ0v) is 18.3. The molecule has 0 aromatic heterocycles. The van der Waals surface area contributed by atoms with Crippen LogP contribution in [0.25, 0.3) is 0 Å². The Morgan fingerprint density at radius 3 is 2.10 bits per heavy atom. The van der Waals surface area contributed by atoms with Crippen LogP contribution in [0.5, 0.6) is 11.5 Å². The molecule has 162 valence electrons. The average molecular weight is 412 g/mol. The number of likely N-dealkylation sites (N-methyl/N-ethyl adjacent to an activating group) is 1. The van der Waals surface area contributed by atoms with Crippen LogP contribution in [0, 0.1) is 0 Å². The van der Waals surface area contributed by atoms with E-state index in [9.17, 15) is 0 Å². The molecule has 30 heavy (non-hydrogen) atoms. The molecule has 2 saturated heterocycles. The van der Waals surface area contributed by atoms with Gasteiger partial charge in [-0.1, -0.05) is 42.5 Å². The molecule has 5 rings (SSSR count). The number of ether oxygens (including phenoxy) is 4. The third kappa shape index (κ3) is 3.94. The van der Waals surface area contributed by atoms with Gasteiger partial charge in [-0.25, -0.2) is 0 Å². The van der Waals surface area contributed by atoms with Gasteiger partial charge in [0, 0.05) is 24.3 Å². The summed E-state index contributed by atoms with van der Waals surface area (Å²) in [5.41, 5.74) is 1.50. The number of likely N-dealkylation sites (tertiary alicyclic amines) is 1. The van der Waals surface area contributed by atoms with E-state index in [2.05, 4.69) is 24.1 Å². The first-order valence-corrected chi connectivity index (χ1v) is 10.8. The second-order valence-corrected chi connectivity index (χ2v) is 8.44. The van der Waals surface area contributed by atoms with Crippen LogP contribution in [-0.2, 0) is 14.9 Å². The Labute approximate surface area is 179 Å². The molecule has 2 atom stereocenters. The largest absolute Gasteiger partial charge is 0.493 e. The zero-order valence-electron chi connectivity index (χ0n) is 18.3. The Kier molecular flexibility index (Phi) is 6.32. The van der Waals surface area contributed by atoms with Gasteiger partial charge in [0.25, 0.3) is 0 Å². The Morgan fingerprint density at radius 1 is 0.867 bits per heavy atom. The smallest absolute Gasteiger partial charge is 0.170 e. The number of methoxy groups -OCH3 is 2. The normalized spacial score (nSPS) is 27.2. The number of hydrogen-bond acceptors (Lipinski definition) is 5. The summed E-state index contributed by atoms with van der Waals surface area (Å²) in [6, 6.07) is 18.8. The van der Waals surface area contributed by atoms with Crippen molar-refractivity contribution in [3.05, 3.63) is 60.2 Å². The standard InChI is InChI=1S/C19H27NO4.C6H6/c1-20-9-8-18(14-4-5-15(21-2)16(12-14)22-3)6-7-19(13-17(18)20)23-10-11-24-19;1-2-4-6-5-3-1/h4-5,12,17H,6-11,13H2,1-3H3;1-6H. The summed E-state index contributed by atoms with van der Waals surface area (Å²) in [6.45, 7) is 2.55. The van der Waals surface area contributed by atoms with Crippen LogP contribution in [0.3, 0.4) is 0 Å². The van der Waals surface area contributed by atoms with Gasteiger partial charge in [-0.05, 0) is 44.1 Å². The van der Waals surface area contributed by atoms with Gasteiger partial charge in [0.05, 0.1) is 27.4 Å². The van der Waals surface area contributed by atoms with Crippen LogP contribution in [0.1, 0.15) is 31.2 Å². The van der Waals surface area contributed by atoms with Gasteiger partial charge < -0.3 is 23.8 Å². The van der Waals surface area contributed by atoms with Crippen molar-refractivity contribution < 1.29 is 18.9 Å². The first-order valence-electron chi connectivity index (χ1n) is 10.8. The summed E-state index contributed by atoms with van der Waals surface area (Å²) in [5.74, 6) is 1.24. The molecule has 2 heterocycles. The van der Waals surface area contributed by atoms with E-state index < -0.39 is 0 Å². The minimum atomic E-state index is -0.358. The van der Waals surface area contributed by atoms with Crippen LogP contribution in [0.2, 0.25) is 0 Å². The first kappa shape index (κ1) is 21.2. The molecular formula is C25H33NO4. The molecule has 2 aromatic rings. The van der Waals surface area contributed by atoms with Crippen molar-refractivity contribution in [2.24, 2.45) is 0 Å². The quantitative estimate of drug-likeness (QED) is 0.755. The van der Waals surface area contributed by atoms with Crippen molar-refractivity contribution in [2.75, 3.05) is 41.0 Å². The van der Waals surface area contributed by atoms with Crippen LogP contribution in [0.15, 0.2) is 54.6 Å². The molecule has 1 spiro atoms. The summed E-state index contributed by atoms with van der Waals surface area (Å²) in [7, 11) is 5.61. The second-order valence-electron chi connectivity index (χ2n) is 8.44. The molecule has 1 aliphatic carbocycles. The van der Waals surface area contributed by atoms with Crippen molar-refractivity contribution in [3.63, 3.8) is 0 Å². The Balaban J connectivity index is 0.000000313. The van der Waals surface area contributed by atoms with E-state index in [1.165, 1.54) is 12.0 Å². The lowest BCUT2D eigenvalue weighted by molar-refractivity contribution is -0.194. The fraction of sp³-hybridized carbons (Fsp3) is 0.520. The van der Waals surface area contributed by atoms with Crippen LogP contribution < -0.4 is 9.47 Å². The molecular weight excluding hydrogens is 378 g/mol. The average Bonchev–Trinajstić information content (AvgIpc) is 3.40. The summed E-state index contributed by atoms with van der Waals surface area (Å²) in [5, 5.41) is 0. The predicted molar refractivity (Wildman–Crippen MR) is 117 cm³/mol. The summed E-state index contributed by atoms with van der Waals surface area (Å²) in [6.07, 6.45) is 4.15. The Bertz CT molecular complexity index is 794. The fourth-order valence-electron chi connectivity index (χ4n) is 5.34. The monoisotopic (exact) mass is 411 g/mol. The molecule has 5 nitrogen and oxygen atoms in total. The highest BCUT2D eigenvalue weighted by Gasteiger charge is 2.56. The molecule has 0 radical (unpaired) electrons. The van der Waals surface area contributed by atoms with Gasteiger partial charge in [0.1, 0.15) is 0 Å². The van der Waals surface area contributed by atoms with Crippen molar-refractivity contribution in [2.45, 2.75) is 42.9 Å². The van der Waals surface area contributed by atoms with Gasteiger partial charge in [-0.2, -0.15) is 0 Å². The summed E-state index contributed by atoms with van der Waals surface area (Å²) in [4.78, 5) is 2.47. The topological polar surface area (TPSA) is 40.2 Å². The van der Waals surface area contributed by atoms with E-state index in [0.717, 1.165) is 50.5 Å². The SMILES string of the molecule is COc1ccc(C23CCN(C)C2CC2(CC3)OCCO2)cc1OC.c1ccccc1. The Hall–Kier alpha value is -2.08. The van der Waals surface area contributed by atoms with Gasteiger partial charge in [-0.3, -0.25) is 0 Å². The van der Waals surface area contributed by atoms with Crippen LogP contribution in [0.4, 0.5) is 0 Å². The van der Waals surface area contributed by atoms with Crippen LogP contribution >= 0.6 is 0 Å². The molecule has 3 aliphatic rings. The maximum atomic E-state index is 6.01. The van der Waals surface area contributed by atoms with Gasteiger partial charge >= 0.3 is 0 Å². The van der Waals surface area contributed by atoms with Crippen LogP contribution in [-0.4, -0.2) is 57.8 Å². The third-order valence-electron chi connectivity index (χ3n) is 6.98. The highest BCUT2D eigenvalue weighted by molar-refractivity contribution is 5.46. The number of fused-ring (bicyclic) bond motifs is 1. The highest BCUT2D eigenvalue weighted by Crippen LogP contribution is 2.53. The lowest BCUT2D eigenvalue weighted by Gasteiger charge is -2.47. The number of hydrogen-bond donors (Lipinski definition) is 0. The molecule has 3 fully saturated rings. The van der Waals surface area contributed by atoms with E-state index in [0.29, 0.717) is 6.04 Å². The van der Waals surface area contributed by atoms with E-state index in [-0.39, 0.29) is 11.2 Å². The highest BCUT2D eigenvalue weighted by atomic mass is 16.7. The first-order chi connectivity index (χ1) is 14.6. The maximum Gasteiger partial charge on any atom is 0.170 e. The van der Waals surface area contributed by atoms with E-state index in [1.807, 2.05) is 42.5 Å². The van der Waals surface area contributed by atoms with Crippen molar-refractivity contribution in [1.29, 1.82) is 0 Å². The van der Waals surface area contributed by atoms with Crippen molar-refractivity contribution >= 4 is 0 Å². The maximum absolute atomic E-state index is 6.01. The fourth-order valence-corrected chi connectivity index (χ4v) is 5.34. The van der Waals surface area contributed by atoms with Crippen molar-refractivity contribution in [3.8, 4) is 11.5 Å². The molecule has 2 aliphatic heterocycles. The zero-order chi connectivity index (χ0) is 21.0. The Morgan fingerprint density at radius 2 is 1.50 bits per heavy atom. The lowest BCUT2D eigenvalue weighted by Crippen LogP contribution is -2.52. The lowest BCUT2D eigenvalue weighted by atomic mass is 9.64. The minimum Gasteiger partial charge on any atom is -0.493 e. The third-order valence-corrected chi connectivity index (χ3v) is 6.98. The molecule has 5 heteroatoms. The number of benzene rings is 2. The van der Waals surface area contributed by atoms with Gasteiger partial charge in [0.15, 0.2) is 17.3 Å². The number of nitrogens with zero attached hydrogens (tertiary/aromatic N) is 1. The van der Waals surface area contributed by atoms with Gasteiger partial charge in [0.2, 0.25) is 0 Å². The predicted octanol–water partition coefficient (Wildman–Crippen LogP) is 4.26. The minimum absolute atomic E-state index is 0.148. The number of rotatable bonds is 3. The molecule has 2 unspecified atom stereocenters. The van der Waals surface area contributed by atoms with Crippen molar-refractivity contribution in [1.82, 2.24) is 4.90 Å². The molecule has 0 amide bonds. The summed E-state index contributed by atoms with van der Waals surface area (Å²) < 4.78 is 23.0. The van der Waals surface area contributed by atoms with E-state index in [4.69, 9.17) is 18.9 Å². The van der Waals surface area contributed by atoms with E-state index >= 15 is 0 Å². The molecule has 2 aromatic carbocycles. The van der Waals surface area contributed by atoms with Gasteiger partial charge in [-0.15, -0.1) is 0 Å². The second kappa shape index (κ2) is 8.96. The molecule has 0 N–H and O–H groups in total.